The Morgan fingerprint density at radius 3 is 2.25 bits per heavy atom. The Balaban J connectivity index is 3.97. The molecule has 0 aromatic rings. The van der Waals surface area contributed by atoms with Gasteiger partial charge in [0.15, 0.2) is 10.7 Å². The topological polar surface area (TPSA) is 34.1 Å². The SMILES string of the molecule is [CH2]C(C#CC)[SH](=O)=O. The maximum atomic E-state index is 9.96. The lowest BCUT2D eigenvalue weighted by molar-refractivity contribution is 0.613. The number of hydrogen-bond donors (Lipinski definition) is 1. The number of hydrogen-bond acceptors (Lipinski definition) is 2. The molecular formula is C5H7O2S. The van der Waals surface area contributed by atoms with Crippen LogP contribution in [-0.2, 0) is 10.7 Å². The first kappa shape index (κ1) is 7.51. The summed E-state index contributed by atoms with van der Waals surface area (Å²) in [5, 5.41) is -0.741. The highest BCUT2D eigenvalue weighted by atomic mass is 32.2. The molecule has 0 amide bonds. The molecule has 0 heterocycles. The van der Waals surface area contributed by atoms with Crippen LogP contribution in [0.1, 0.15) is 6.92 Å². The molecular weight excluding hydrogens is 124 g/mol. The van der Waals surface area contributed by atoms with Crippen LogP contribution in [0.15, 0.2) is 0 Å². The Hall–Kier alpha value is -0.490. The second kappa shape index (κ2) is 3.50. The molecule has 0 aliphatic rings. The van der Waals surface area contributed by atoms with Crippen LogP contribution in [0.2, 0.25) is 0 Å². The second-order valence-electron chi connectivity index (χ2n) is 1.20. The molecule has 0 saturated carbocycles. The molecule has 1 atom stereocenters. The second-order valence-corrected chi connectivity index (χ2v) is 2.39. The smallest absolute Gasteiger partial charge is 0.154 e. The third-order valence-corrected chi connectivity index (χ3v) is 1.20. The van der Waals surface area contributed by atoms with E-state index in [9.17, 15) is 8.42 Å². The fourth-order valence-corrected chi connectivity index (χ4v) is 0.454. The summed E-state index contributed by atoms with van der Waals surface area (Å²) in [6.07, 6.45) is 0. The highest BCUT2D eigenvalue weighted by Gasteiger charge is 1.94. The minimum absolute atomic E-state index is 0.741. The molecule has 0 fully saturated rings. The van der Waals surface area contributed by atoms with Crippen LogP contribution in [0.3, 0.4) is 0 Å². The largest absolute Gasteiger partial charge is 0.231 e. The van der Waals surface area contributed by atoms with E-state index in [0.717, 1.165) is 0 Å². The predicted octanol–water partition coefficient (Wildman–Crippen LogP) is -0.176. The summed E-state index contributed by atoms with van der Waals surface area (Å²) in [5.74, 6) is 4.84. The van der Waals surface area contributed by atoms with Gasteiger partial charge in [0.2, 0.25) is 0 Å². The van der Waals surface area contributed by atoms with Crippen LogP contribution in [0, 0.1) is 18.8 Å². The van der Waals surface area contributed by atoms with Crippen LogP contribution in [0.4, 0.5) is 0 Å². The van der Waals surface area contributed by atoms with Crippen molar-refractivity contribution in [1.82, 2.24) is 0 Å². The first-order valence-electron chi connectivity index (χ1n) is 2.07. The quantitative estimate of drug-likeness (QED) is 0.396. The molecule has 45 valence electrons. The molecule has 3 heteroatoms. The first-order valence-corrected chi connectivity index (χ1v) is 3.32. The average molecular weight is 131 g/mol. The maximum Gasteiger partial charge on any atom is 0.154 e. The van der Waals surface area contributed by atoms with Gasteiger partial charge in [-0.15, -0.1) is 5.92 Å². The molecule has 0 aliphatic carbocycles. The Morgan fingerprint density at radius 1 is 1.62 bits per heavy atom. The molecule has 0 saturated heterocycles. The molecule has 0 aromatic heterocycles. The zero-order valence-electron chi connectivity index (χ0n) is 4.55. The van der Waals surface area contributed by atoms with Crippen molar-refractivity contribution in [3.05, 3.63) is 6.92 Å². The minimum Gasteiger partial charge on any atom is -0.231 e. The fraction of sp³-hybridized carbons (Fsp3) is 0.400. The zero-order chi connectivity index (χ0) is 6.57. The predicted molar refractivity (Wildman–Crippen MR) is 32.9 cm³/mol. The third-order valence-electron chi connectivity index (χ3n) is 0.565. The molecule has 8 heavy (non-hydrogen) atoms. The summed E-state index contributed by atoms with van der Waals surface area (Å²) >= 11 is 0. The minimum atomic E-state index is -2.45. The molecule has 0 spiro atoms. The van der Waals surface area contributed by atoms with Crippen molar-refractivity contribution in [2.75, 3.05) is 0 Å². The van der Waals surface area contributed by atoms with Crippen molar-refractivity contribution < 1.29 is 8.42 Å². The summed E-state index contributed by atoms with van der Waals surface area (Å²) in [6.45, 7) is 4.84. The van der Waals surface area contributed by atoms with Gasteiger partial charge in [0.05, 0.1) is 0 Å². The Morgan fingerprint density at radius 2 is 2.12 bits per heavy atom. The molecule has 0 N–H and O–H groups in total. The third kappa shape index (κ3) is 2.64. The van der Waals surface area contributed by atoms with Gasteiger partial charge < -0.3 is 0 Å². The van der Waals surface area contributed by atoms with Gasteiger partial charge in [-0.2, -0.15) is 0 Å². The van der Waals surface area contributed by atoms with Crippen LogP contribution in [-0.4, -0.2) is 13.7 Å². The van der Waals surface area contributed by atoms with Gasteiger partial charge in [0.1, 0.15) is 5.25 Å². The van der Waals surface area contributed by atoms with Crippen LogP contribution < -0.4 is 0 Å². The molecule has 0 rings (SSSR count). The normalized spacial score (nSPS) is 12.4. The van der Waals surface area contributed by atoms with E-state index in [1.807, 2.05) is 0 Å². The van der Waals surface area contributed by atoms with Gasteiger partial charge in [0.25, 0.3) is 0 Å². The van der Waals surface area contributed by atoms with Crippen molar-refractivity contribution >= 4 is 10.7 Å². The highest BCUT2D eigenvalue weighted by molar-refractivity contribution is 7.73. The lowest BCUT2D eigenvalue weighted by Gasteiger charge is -1.84. The monoisotopic (exact) mass is 131 g/mol. The summed E-state index contributed by atoms with van der Waals surface area (Å²) in [7, 11) is -2.45. The van der Waals surface area contributed by atoms with E-state index in [2.05, 4.69) is 18.8 Å². The number of thiol groups is 1. The highest BCUT2D eigenvalue weighted by Crippen LogP contribution is 1.80. The lowest BCUT2D eigenvalue weighted by atomic mass is 10.5. The van der Waals surface area contributed by atoms with E-state index >= 15 is 0 Å². The van der Waals surface area contributed by atoms with Crippen molar-refractivity contribution in [3.63, 3.8) is 0 Å². The van der Waals surface area contributed by atoms with E-state index < -0.39 is 16.0 Å². The molecule has 1 unspecified atom stereocenters. The van der Waals surface area contributed by atoms with Gasteiger partial charge in [0, 0.05) is 0 Å². The van der Waals surface area contributed by atoms with Crippen LogP contribution in [0.25, 0.3) is 0 Å². The van der Waals surface area contributed by atoms with Gasteiger partial charge in [-0.05, 0) is 13.8 Å². The zero-order valence-corrected chi connectivity index (χ0v) is 5.44. The molecule has 0 aliphatic heterocycles. The summed E-state index contributed by atoms with van der Waals surface area (Å²) in [4.78, 5) is 0. The van der Waals surface area contributed by atoms with Gasteiger partial charge >= 0.3 is 0 Å². The van der Waals surface area contributed by atoms with Gasteiger partial charge in [-0.25, -0.2) is 8.42 Å². The van der Waals surface area contributed by atoms with Crippen molar-refractivity contribution in [3.8, 4) is 11.8 Å². The molecule has 0 aromatic carbocycles. The van der Waals surface area contributed by atoms with Crippen molar-refractivity contribution in [2.45, 2.75) is 12.2 Å². The summed E-state index contributed by atoms with van der Waals surface area (Å²) in [6, 6.07) is 0. The van der Waals surface area contributed by atoms with Crippen LogP contribution in [0.5, 0.6) is 0 Å². The van der Waals surface area contributed by atoms with E-state index in [4.69, 9.17) is 0 Å². The van der Waals surface area contributed by atoms with E-state index in [0.29, 0.717) is 0 Å². The standard InChI is InChI=1S/C5H7O2S/c1-3-4-5(2)8(6)7/h5,8H,2H2,1H3. The molecule has 2 nitrogen and oxygen atoms in total. The van der Waals surface area contributed by atoms with E-state index in [1.165, 1.54) is 0 Å². The van der Waals surface area contributed by atoms with E-state index in [-0.39, 0.29) is 0 Å². The Kier molecular flexibility index (Phi) is 3.29. The van der Waals surface area contributed by atoms with Crippen LogP contribution >= 0.6 is 0 Å². The average Bonchev–Trinajstić information content (AvgIpc) is 1.67. The molecule has 1 radical (unpaired) electrons. The lowest BCUT2D eigenvalue weighted by Crippen LogP contribution is -1.98. The fourth-order valence-electron chi connectivity index (χ4n) is 0.219. The maximum absolute atomic E-state index is 9.96. The number of rotatable bonds is 1. The molecule has 0 bridgehead atoms. The Labute approximate surface area is 50.9 Å². The van der Waals surface area contributed by atoms with Crippen molar-refractivity contribution in [1.29, 1.82) is 0 Å². The summed E-state index contributed by atoms with van der Waals surface area (Å²) < 4.78 is 19.9. The van der Waals surface area contributed by atoms with Gasteiger partial charge in [-0.3, -0.25) is 0 Å². The Bertz CT molecular complexity index is 174. The first-order chi connectivity index (χ1) is 3.68. The van der Waals surface area contributed by atoms with Crippen molar-refractivity contribution in [2.24, 2.45) is 0 Å². The summed E-state index contributed by atoms with van der Waals surface area (Å²) in [5.41, 5.74) is 0. The van der Waals surface area contributed by atoms with E-state index in [1.54, 1.807) is 6.92 Å². The van der Waals surface area contributed by atoms with Gasteiger partial charge in [-0.1, -0.05) is 5.92 Å².